The maximum atomic E-state index is 13.2. The summed E-state index contributed by atoms with van der Waals surface area (Å²) in [4.78, 5) is 49.3. The van der Waals surface area contributed by atoms with Crippen LogP contribution in [0.1, 0.15) is 50.3 Å². The summed E-state index contributed by atoms with van der Waals surface area (Å²) < 4.78 is 5.30. The molecule has 3 N–H and O–H groups in total. The van der Waals surface area contributed by atoms with Crippen molar-refractivity contribution < 1.29 is 23.7 Å². The molecule has 176 valence electrons. The van der Waals surface area contributed by atoms with Crippen molar-refractivity contribution in [1.29, 1.82) is 0 Å². The van der Waals surface area contributed by atoms with Gasteiger partial charge in [0.2, 0.25) is 17.6 Å². The lowest BCUT2D eigenvalue weighted by atomic mass is 9.87. The zero-order valence-electron chi connectivity index (χ0n) is 18.2. The Labute approximate surface area is 202 Å². The SMILES string of the molecule is CC1CCc2c(sc(NC(=O)CSc3ccc(C(N)=O)cc3[N+](=O)[O-])c2C(=O)c2ccco2)C1. The smallest absolute Gasteiger partial charge is 0.283 e. The quantitative estimate of drug-likeness (QED) is 0.202. The highest BCUT2D eigenvalue weighted by atomic mass is 32.2. The normalized spacial score (nSPS) is 14.9. The molecule has 34 heavy (non-hydrogen) atoms. The number of rotatable bonds is 8. The number of anilines is 1. The van der Waals surface area contributed by atoms with Gasteiger partial charge in [0.25, 0.3) is 5.69 Å². The van der Waals surface area contributed by atoms with Crippen LogP contribution in [0.3, 0.4) is 0 Å². The third-order valence-electron chi connectivity index (χ3n) is 5.54. The molecule has 0 spiro atoms. The molecule has 1 aliphatic rings. The van der Waals surface area contributed by atoms with Crippen LogP contribution in [0.15, 0.2) is 45.9 Å². The standard InChI is InChI=1S/C23H21N3O6S2/c1-12-4-6-14-18(9-12)34-23(20(14)21(28)16-3-2-8-32-16)25-19(27)11-33-17-7-5-13(22(24)29)10-15(17)26(30)31/h2-3,5,7-8,10,12H,4,6,9,11H2,1H3,(H2,24,29)(H,25,27). The fourth-order valence-electron chi connectivity index (χ4n) is 3.85. The number of nitrogens with one attached hydrogen (secondary N) is 1. The maximum Gasteiger partial charge on any atom is 0.283 e. The van der Waals surface area contributed by atoms with Crippen LogP contribution in [0.2, 0.25) is 0 Å². The van der Waals surface area contributed by atoms with E-state index < -0.39 is 16.7 Å². The molecular weight excluding hydrogens is 478 g/mol. The Morgan fingerprint density at radius 1 is 1.32 bits per heavy atom. The molecule has 1 aliphatic carbocycles. The van der Waals surface area contributed by atoms with Crippen LogP contribution in [0.5, 0.6) is 0 Å². The van der Waals surface area contributed by atoms with Crippen LogP contribution in [0, 0.1) is 16.0 Å². The van der Waals surface area contributed by atoms with Crippen LogP contribution in [0.4, 0.5) is 10.7 Å². The van der Waals surface area contributed by atoms with E-state index in [0.29, 0.717) is 16.5 Å². The Balaban J connectivity index is 1.55. The van der Waals surface area contributed by atoms with Gasteiger partial charge in [-0.05, 0) is 55.0 Å². The van der Waals surface area contributed by atoms with Gasteiger partial charge in [0, 0.05) is 16.5 Å². The number of benzene rings is 1. The fraction of sp³-hybridized carbons (Fsp3) is 0.261. The molecule has 0 saturated carbocycles. The molecule has 1 atom stereocenters. The molecule has 1 unspecified atom stereocenters. The molecule has 2 aromatic heterocycles. The first-order valence-electron chi connectivity index (χ1n) is 10.5. The van der Waals surface area contributed by atoms with E-state index in [1.54, 1.807) is 12.1 Å². The molecule has 0 aliphatic heterocycles. The van der Waals surface area contributed by atoms with Crippen molar-refractivity contribution in [2.75, 3.05) is 11.1 Å². The Morgan fingerprint density at radius 2 is 2.12 bits per heavy atom. The minimum atomic E-state index is -0.776. The average molecular weight is 500 g/mol. The van der Waals surface area contributed by atoms with Gasteiger partial charge in [-0.2, -0.15) is 0 Å². The van der Waals surface area contributed by atoms with Gasteiger partial charge >= 0.3 is 0 Å². The van der Waals surface area contributed by atoms with Crippen molar-refractivity contribution in [3.05, 3.63) is 74.0 Å². The molecule has 11 heteroatoms. The number of primary amides is 1. The number of furan rings is 1. The average Bonchev–Trinajstić information content (AvgIpc) is 3.44. The number of amides is 2. The van der Waals surface area contributed by atoms with Crippen molar-refractivity contribution in [3.8, 4) is 0 Å². The highest BCUT2D eigenvalue weighted by Crippen LogP contribution is 2.41. The number of ketones is 1. The second kappa shape index (κ2) is 9.82. The van der Waals surface area contributed by atoms with E-state index in [4.69, 9.17) is 10.2 Å². The van der Waals surface area contributed by atoms with Crippen LogP contribution in [-0.2, 0) is 17.6 Å². The second-order valence-corrected chi connectivity index (χ2v) is 10.1. The number of carbonyl (C=O) groups is 3. The molecule has 1 aromatic carbocycles. The van der Waals surface area contributed by atoms with Crippen molar-refractivity contribution in [1.82, 2.24) is 0 Å². The van der Waals surface area contributed by atoms with Gasteiger partial charge in [-0.15, -0.1) is 23.1 Å². The zero-order chi connectivity index (χ0) is 24.4. The summed E-state index contributed by atoms with van der Waals surface area (Å²) in [7, 11) is 0. The number of carbonyl (C=O) groups excluding carboxylic acids is 3. The van der Waals surface area contributed by atoms with Gasteiger partial charge in [0.15, 0.2) is 5.76 Å². The predicted molar refractivity (Wildman–Crippen MR) is 129 cm³/mol. The molecule has 0 saturated heterocycles. The molecule has 0 fully saturated rings. The Kier molecular flexibility index (Phi) is 6.85. The van der Waals surface area contributed by atoms with Crippen LogP contribution < -0.4 is 11.1 Å². The summed E-state index contributed by atoms with van der Waals surface area (Å²) in [6.45, 7) is 2.15. The number of nitrogens with zero attached hydrogens (tertiary/aromatic N) is 1. The van der Waals surface area contributed by atoms with Crippen LogP contribution >= 0.6 is 23.1 Å². The summed E-state index contributed by atoms with van der Waals surface area (Å²) in [5, 5.41) is 14.7. The Morgan fingerprint density at radius 3 is 2.79 bits per heavy atom. The van der Waals surface area contributed by atoms with Gasteiger partial charge in [-0.1, -0.05) is 6.92 Å². The molecule has 0 bridgehead atoms. The van der Waals surface area contributed by atoms with Gasteiger partial charge in [0.05, 0.1) is 27.4 Å². The second-order valence-electron chi connectivity index (χ2n) is 8.00. The molecule has 4 rings (SSSR count). The number of nitrogens with two attached hydrogens (primary N) is 1. The third-order valence-corrected chi connectivity index (χ3v) is 7.77. The number of thiophene rings is 1. The molecule has 9 nitrogen and oxygen atoms in total. The minimum Gasteiger partial charge on any atom is -0.461 e. The largest absolute Gasteiger partial charge is 0.461 e. The highest BCUT2D eigenvalue weighted by molar-refractivity contribution is 8.00. The lowest BCUT2D eigenvalue weighted by molar-refractivity contribution is -0.387. The zero-order valence-corrected chi connectivity index (χ0v) is 19.8. The molecule has 2 heterocycles. The van der Waals surface area contributed by atoms with E-state index in [2.05, 4.69) is 12.2 Å². The van der Waals surface area contributed by atoms with Gasteiger partial charge in [-0.25, -0.2) is 0 Å². The van der Waals surface area contributed by atoms with E-state index in [0.717, 1.165) is 47.5 Å². The van der Waals surface area contributed by atoms with Crippen molar-refractivity contribution in [2.24, 2.45) is 11.7 Å². The van der Waals surface area contributed by atoms with Crippen molar-refractivity contribution in [3.63, 3.8) is 0 Å². The van der Waals surface area contributed by atoms with Crippen LogP contribution in [0.25, 0.3) is 0 Å². The van der Waals surface area contributed by atoms with Gasteiger partial charge < -0.3 is 15.5 Å². The maximum absolute atomic E-state index is 13.2. The van der Waals surface area contributed by atoms with E-state index in [1.165, 1.54) is 29.7 Å². The third kappa shape index (κ3) is 4.90. The van der Waals surface area contributed by atoms with Gasteiger partial charge in [0.1, 0.15) is 5.00 Å². The first-order chi connectivity index (χ1) is 16.2. The van der Waals surface area contributed by atoms with Crippen LogP contribution in [-0.4, -0.2) is 28.3 Å². The number of thioether (sulfide) groups is 1. The summed E-state index contributed by atoms with van der Waals surface area (Å²) in [5.74, 6) is -0.891. The molecule has 3 aromatic rings. The Bertz CT molecular complexity index is 1280. The lowest BCUT2D eigenvalue weighted by Crippen LogP contribution is -2.17. The van der Waals surface area contributed by atoms with Crippen molar-refractivity contribution in [2.45, 2.75) is 31.1 Å². The first kappa shape index (κ1) is 23.7. The predicted octanol–water partition coefficient (Wildman–Crippen LogP) is 4.43. The summed E-state index contributed by atoms with van der Waals surface area (Å²) in [6, 6.07) is 7.10. The number of nitro groups is 1. The van der Waals surface area contributed by atoms with E-state index in [-0.39, 0.29) is 33.4 Å². The first-order valence-corrected chi connectivity index (χ1v) is 12.3. The number of nitro benzene ring substituents is 1. The summed E-state index contributed by atoms with van der Waals surface area (Å²) in [5.41, 5.74) is 6.32. The van der Waals surface area contributed by atoms with E-state index >= 15 is 0 Å². The molecular formula is C23H21N3O6S2. The van der Waals surface area contributed by atoms with E-state index in [1.807, 2.05) is 0 Å². The number of hydrogen-bond acceptors (Lipinski definition) is 8. The minimum absolute atomic E-state index is 0.0139. The highest BCUT2D eigenvalue weighted by Gasteiger charge is 2.30. The molecule has 0 radical (unpaired) electrons. The van der Waals surface area contributed by atoms with Gasteiger partial charge in [-0.3, -0.25) is 24.5 Å². The summed E-state index contributed by atoms with van der Waals surface area (Å²) >= 11 is 2.36. The number of hydrogen-bond donors (Lipinski definition) is 2. The Hall–Kier alpha value is -3.44. The monoisotopic (exact) mass is 499 g/mol. The summed E-state index contributed by atoms with van der Waals surface area (Å²) in [6.07, 6.45) is 3.97. The topological polar surface area (TPSA) is 146 Å². The fourth-order valence-corrected chi connectivity index (χ4v) is 6.08. The van der Waals surface area contributed by atoms with Crippen molar-refractivity contribution >= 4 is 51.4 Å². The lowest BCUT2D eigenvalue weighted by Gasteiger charge is -2.18. The van der Waals surface area contributed by atoms with E-state index in [9.17, 15) is 24.5 Å². The molecule has 2 amide bonds. The number of fused-ring (bicyclic) bond motifs is 1.